The van der Waals surface area contributed by atoms with Gasteiger partial charge in [-0.25, -0.2) is 4.98 Å². The van der Waals surface area contributed by atoms with Crippen LogP contribution in [0.4, 0.5) is 5.82 Å². The molecule has 2 aliphatic heterocycles. The summed E-state index contributed by atoms with van der Waals surface area (Å²) >= 11 is 3.63. The number of hydrogen-bond acceptors (Lipinski definition) is 6. The first-order chi connectivity index (χ1) is 13.2. The van der Waals surface area contributed by atoms with Crippen LogP contribution < -0.4 is 5.32 Å². The zero-order valence-corrected chi connectivity index (χ0v) is 16.7. The van der Waals surface area contributed by atoms with Gasteiger partial charge in [-0.1, -0.05) is 0 Å². The highest BCUT2D eigenvalue weighted by Gasteiger charge is 2.37. The number of nitriles is 1. The molecule has 2 aromatic heterocycles. The maximum atomic E-state index is 9.02. The first-order valence-corrected chi connectivity index (χ1v) is 10.6. The molecule has 142 valence electrons. The third-order valence-corrected chi connectivity index (χ3v) is 7.05. The quantitative estimate of drug-likeness (QED) is 0.791. The van der Waals surface area contributed by atoms with E-state index < -0.39 is 0 Å². The van der Waals surface area contributed by atoms with Crippen LogP contribution in [0.2, 0.25) is 0 Å². The lowest BCUT2D eigenvalue weighted by Crippen LogP contribution is -2.49. The monoisotopic (exact) mass is 430 g/mol. The zero-order valence-electron chi connectivity index (χ0n) is 15.2. The highest BCUT2D eigenvalue weighted by Crippen LogP contribution is 2.35. The van der Waals surface area contributed by atoms with E-state index in [0.717, 1.165) is 41.6 Å². The van der Waals surface area contributed by atoms with Gasteiger partial charge in [0.25, 0.3) is 0 Å². The van der Waals surface area contributed by atoms with Crippen LogP contribution in [0.15, 0.2) is 21.2 Å². The van der Waals surface area contributed by atoms with Gasteiger partial charge in [-0.05, 0) is 54.5 Å². The number of ether oxygens (including phenoxy) is 1. The molecule has 0 spiro atoms. The maximum Gasteiger partial charge on any atom is 0.204 e. The lowest BCUT2D eigenvalue weighted by Gasteiger charge is -2.41. The van der Waals surface area contributed by atoms with Gasteiger partial charge in [0, 0.05) is 36.6 Å². The Morgan fingerprint density at radius 2 is 1.89 bits per heavy atom. The molecule has 2 saturated heterocycles. The number of aromatic nitrogens is 1. The van der Waals surface area contributed by atoms with E-state index in [1.807, 2.05) is 6.07 Å². The lowest BCUT2D eigenvalue weighted by atomic mass is 9.89. The van der Waals surface area contributed by atoms with Crippen molar-refractivity contribution in [3.63, 3.8) is 0 Å². The van der Waals surface area contributed by atoms with Gasteiger partial charge < -0.3 is 14.5 Å². The van der Waals surface area contributed by atoms with E-state index in [2.05, 4.69) is 31.1 Å². The Kier molecular flexibility index (Phi) is 4.58. The van der Waals surface area contributed by atoms with Crippen molar-refractivity contribution in [1.29, 1.82) is 5.26 Å². The Bertz CT molecular complexity index is 872. The molecule has 7 heteroatoms. The molecule has 4 heterocycles. The molecule has 2 aromatic rings. The zero-order chi connectivity index (χ0) is 18.4. The number of halogens is 1. The van der Waals surface area contributed by atoms with E-state index >= 15 is 0 Å². The fourth-order valence-corrected chi connectivity index (χ4v) is 5.39. The molecule has 2 bridgehead atoms. The number of rotatable bonds is 3. The molecular formula is C20H23BrN4O2. The molecular weight excluding hydrogens is 408 g/mol. The van der Waals surface area contributed by atoms with E-state index in [1.165, 1.54) is 25.7 Å². The molecule has 3 aliphatic rings. The van der Waals surface area contributed by atoms with Crippen LogP contribution in [0.1, 0.15) is 44.3 Å². The standard InChI is InChI=1S/C20H23BrN4O2/c21-19-17-7-16(8-22)27-18(17)9-23-20(19)24-12-1-3-13(4-2-12)25-10-14-5-6-15(11-25)26-14/h7,9,12-15H,1-6,10-11H2,(H,23,24). The van der Waals surface area contributed by atoms with E-state index in [9.17, 15) is 0 Å². The summed E-state index contributed by atoms with van der Waals surface area (Å²) in [6, 6.07) is 4.93. The Labute approximate surface area is 167 Å². The predicted octanol–water partition coefficient (Wildman–Crippen LogP) is 4.05. The van der Waals surface area contributed by atoms with Gasteiger partial charge in [0.05, 0.1) is 22.9 Å². The summed E-state index contributed by atoms with van der Waals surface area (Å²) in [6.45, 7) is 2.23. The van der Waals surface area contributed by atoms with Gasteiger partial charge >= 0.3 is 0 Å². The topological polar surface area (TPSA) is 74.3 Å². The van der Waals surface area contributed by atoms with E-state index in [4.69, 9.17) is 14.4 Å². The number of nitrogens with one attached hydrogen (secondary N) is 1. The molecule has 5 rings (SSSR count). The first-order valence-electron chi connectivity index (χ1n) is 9.84. The van der Waals surface area contributed by atoms with Crippen molar-refractivity contribution < 1.29 is 9.15 Å². The molecule has 0 aromatic carbocycles. The summed E-state index contributed by atoms with van der Waals surface area (Å²) in [6.07, 6.45) is 9.86. The van der Waals surface area contributed by atoms with Crippen LogP contribution in [-0.4, -0.2) is 47.3 Å². The summed E-state index contributed by atoms with van der Waals surface area (Å²) in [5.74, 6) is 1.14. The molecule has 1 saturated carbocycles. The Hall–Kier alpha value is -1.62. The predicted molar refractivity (Wildman–Crippen MR) is 106 cm³/mol. The van der Waals surface area contributed by atoms with Gasteiger partial charge in [-0.15, -0.1) is 0 Å². The summed E-state index contributed by atoms with van der Waals surface area (Å²) in [5.41, 5.74) is 0.634. The van der Waals surface area contributed by atoms with Gasteiger partial charge in [0.1, 0.15) is 11.9 Å². The minimum absolute atomic E-state index is 0.310. The number of pyridine rings is 1. The number of fused-ring (bicyclic) bond motifs is 3. The molecule has 0 amide bonds. The fraction of sp³-hybridized carbons (Fsp3) is 0.600. The van der Waals surface area contributed by atoms with Gasteiger partial charge in [0.2, 0.25) is 5.76 Å². The van der Waals surface area contributed by atoms with Crippen LogP contribution in [0.25, 0.3) is 11.0 Å². The van der Waals surface area contributed by atoms with E-state index in [1.54, 1.807) is 12.3 Å². The van der Waals surface area contributed by atoms with Crippen molar-refractivity contribution in [2.24, 2.45) is 0 Å². The summed E-state index contributed by atoms with van der Waals surface area (Å²) in [4.78, 5) is 7.17. The smallest absolute Gasteiger partial charge is 0.204 e. The second kappa shape index (κ2) is 7.08. The largest absolute Gasteiger partial charge is 0.444 e. The average molecular weight is 431 g/mol. The maximum absolute atomic E-state index is 9.02. The van der Waals surface area contributed by atoms with Gasteiger partial charge in [-0.2, -0.15) is 5.26 Å². The normalized spacial score (nSPS) is 31.1. The molecule has 3 fully saturated rings. The van der Waals surface area contributed by atoms with Crippen LogP contribution >= 0.6 is 15.9 Å². The second-order valence-corrected chi connectivity index (χ2v) is 8.78. The highest BCUT2D eigenvalue weighted by molar-refractivity contribution is 9.10. The summed E-state index contributed by atoms with van der Waals surface area (Å²) in [7, 11) is 0. The number of likely N-dealkylation sites (tertiary alicyclic amines) is 1. The van der Waals surface area contributed by atoms with Crippen LogP contribution in [-0.2, 0) is 4.74 Å². The van der Waals surface area contributed by atoms with Crippen molar-refractivity contribution in [2.45, 2.75) is 62.8 Å². The van der Waals surface area contributed by atoms with Crippen molar-refractivity contribution in [3.05, 3.63) is 22.5 Å². The molecule has 27 heavy (non-hydrogen) atoms. The fourth-order valence-electron chi connectivity index (χ4n) is 4.86. The third kappa shape index (κ3) is 3.35. The number of nitrogens with zero attached hydrogens (tertiary/aromatic N) is 3. The minimum atomic E-state index is 0.310. The van der Waals surface area contributed by atoms with Crippen LogP contribution in [0.3, 0.4) is 0 Å². The van der Waals surface area contributed by atoms with Crippen molar-refractivity contribution in [2.75, 3.05) is 18.4 Å². The van der Waals surface area contributed by atoms with Gasteiger partial charge in [-0.3, -0.25) is 4.90 Å². The SMILES string of the molecule is N#Cc1cc2c(Br)c(NC3CCC(N4CC5CCC(C4)O5)CC3)ncc2o1. The average Bonchev–Trinajstić information content (AvgIpc) is 3.27. The molecule has 1 aliphatic carbocycles. The molecule has 6 nitrogen and oxygen atoms in total. The third-order valence-electron chi connectivity index (χ3n) is 6.25. The van der Waals surface area contributed by atoms with E-state index in [0.29, 0.717) is 35.6 Å². The van der Waals surface area contributed by atoms with Crippen LogP contribution in [0, 0.1) is 11.3 Å². The Balaban J connectivity index is 1.22. The van der Waals surface area contributed by atoms with Gasteiger partial charge in [0.15, 0.2) is 5.58 Å². The summed E-state index contributed by atoms with van der Waals surface area (Å²) < 4.78 is 12.3. The minimum Gasteiger partial charge on any atom is -0.444 e. The number of anilines is 1. The first kappa shape index (κ1) is 17.5. The lowest BCUT2D eigenvalue weighted by molar-refractivity contribution is -0.0575. The van der Waals surface area contributed by atoms with Crippen molar-refractivity contribution >= 4 is 32.7 Å². The van der Waals surface area contributed by atoms with Crippen LogP contribution in [0.5, 0.6) is 0 Å². The molecule has 0 radical (unpaired) electrons. The number of hydrogen-bond donors (Lipinski definition) is 1. The molecule has 2 atom stereocenters. The number of furan rings is 1. The van der Waals surface area contributed by atoms with Crippen molar-refractivity contribution in [1.82, 2.24) is 9.88 Å². The van der Waals surface area contributed by atoms with Crippen molar-refractivity contribution in [3.8, 4) is 6.07 Å². The Morgan fingerprint density at radius 1 is 1.15 bits per heavy atom. The Morgan fingerprint density at radius 3 is 2.59 bits per heavy atom. The number of morpholine rings is 1. The highest BCUT2D eigenvalue weighted by atomic mass is 79.9. The molecule has 1 N–H and O–H groups in total. The molecule has 2 unspecified atom stereocenters. The van der Waals surface area contributed by atoms with E-state index in [-0.39, 0.29) is 0 Å². The second-order valence-electron chi connectivity index (χ2n) is 7.98. The summed E-state index contributed by atoms with van der Waals surface area (Å²) in [5, 5.41) is 13.5.